The van der Waals surface area contributed by atoms with Crippen LogP contribution in [0.5, 0.6) is 0 Å². The molecule has 0 saturated heterocycles. The van der Waals surface area contributed by atoms with Crippen LogP contribution in [0, 0.1) is 11.3 Å². The average Bonchev–Trinajstić information content (AvgIpc) is 3.03. The maximum atomic E-state index is 11.9. The number of esters is 1. The number of hydrogen-bond donors (Lipinski definition) is 0. The molecule has 24 heavy (non-hydrogen) atoms. The molecule has 0 radical (unpaired) electrons. The third kappa shape index (κ3) is 4.41. The molecule has 2 aromatic rings. The van der Waals surface area contributed by atoms with Crippen LogP contribution in [0.4, 0.5) is 0 Å². The zero-order valence-electron chi connectivity index (χ0n) is 13.2. The van der Waals surface area contributed by atoms with Gasteiger partial charge in [0.05, 0.1) is 16.1 Å². The Morgan fingerprint density at radius 2 is 2.08 bits per heavy atom. The highest BCUT2D eigenvalue weighted by Gasteiger charge is 2.15. The smallest absolute Gasteiger partial charge is 0.349 e. The first kappa shape index (κ1) is 18.1. The Labute approximate surface area is 150 Å². The van der Waals surface area contributed by atoms with E-state index in [9.17, 15) is 4.79 Å². The summed E-state index contributed by atoms with van der Waals surface area (Å²) in [6.07, 6.45) is 1.77. The molecule has 4 nitrogen and oxygen atoms in total. The van der Waals surface area contributed by atoms with Gasteiger partial charge in [0, 0.05) is 11.6 Å². The predicted molar refractivity (Wildman–Crippen MR) is 93.6 cm³/mol. The van der Waals surface area contributed by atoms with Crippen molar-refractivity contribution in [2.75, 3.05) is 0 Å². The SMILES string of the molecule is CCC(C)OC(=O)/C(C#N)=C/c1ccc(-c2ccc(Cl)c(Cl)c2)o1. The van der Waals surface area contributed by atoms with Crippen molar-refractivity contribution in [2.24, 2.45) is 0 Å². The van der Waals surface area contributed by atoms with E-state index in [0.29, 0.717) is 28.0 Å². The molecule has 1 heterocycles. The van der Waals surface area contributed by atoms with Crippen LogP contribution in [0.2, 0.25) is 10.0 Å². The second kappa shape index (κ2) is 8.05. The molecule has 0 amide bonds. The first-order valence-electron chi connectivity index (χ1n) is 7.32. The highest BCUT2D eigenvalue weighted by Crippen LogP contribution is 2.30. The third-order valence-corrected chi connectivity index (χ3v) is 4.08. The molecule has 0 N–H and O–H groups in total. The molecule has 0 aliphatic carbocycles. The van der Waals surface area contributed by atoms with Gasteiger partial charge in [0.25, 0.3) is 0 Å². The Morgan fingerprint density at radius 1 is 1.33 bits per heavy atom. The van der Waals surface area contributed by atoms with Gasteiger partial charge >= 0.3 is 5.97 Å². The minimum Gasteiger partial charge on any atom is -0.459 e. The normalized spacial score (nSPS) is 12.5. The minimum absolute atomic E-state index is 0.120. The van der Waals surface area contributed by atoms with Crippen LogP contribution in [-0.4, -0.2) is 12.1 Å². The van der Waals surface area contributed by atoms with Gasteiger partial charge in [-0.25, -0.2) is 4.79 Å². The number of halogens is 2. The van der Waals surface area contributed by atoms with Crippen molar-refractivity contribution >= 4 is 35.2 Å². The summed E-state index contributed by atoms with van der Waals surface area (Å²) in [5.41, 5.74) is 0.620. The van der Waals surface area contributed by atoms with Gasteiger partial charge in [-0.3, -0.25) is 0 Å². The molecule has 1 atom stereocenters. The predicted octanol–water partition coefficient (Wildman–Crippen LogP) is 5.50. The van der Waals surface area contributed by atoms with Crippen molar-refractivity contribution in [3.8, 4) is 17.4 Å². The van der Waals surface area contributed by atoms with E-state index in [2.05, 4.69) is 0 Å². The first-order chi connectivity index (χ1) is 11.4. The van der Waals surface area contributed by atoms with Gasteiger partial charge in [0.2, 0.25) is 0 Å². The molecule has 1 aromatic carbocycles. The largest absolute Gasteiger partial charge is 0.459 e. The minimum atomic E-state index is -0.667. The van der Waals surface area contributed by atoms with Crippen molar-refractivity contribution < 1.29 is 13.9 Å². The lowest BCUT2D eigenvalue weighted by Gasteiger charge is -2.09. The lowest BCUT2D eigenvalue weighted by molar-refractivity contribution is -0.142. The summed E-state index contributed by atoms with van der Waals surface area (Å²) in [6.45, 7) is 3.66. The van der Waals surface area contributed by atoms with E-state index in [-0.39, 0.29) is 11.7 Å². The summed E-state index contributed by atoms with van der Waals surface area (Å²) in [7, 11) is 0. The average molecular weight is 364 g/mol. The second-order valence-electron chi connectivity index (χ2n) is 5.12. The van der Waals surface area contributed by atoms with Crippen molar-refractivity contribution in [2.45, 2.75) is 26.4 Å². The summed E-state index contributed by atoms with van der Waals surface area (Å²) in [5, 5.41) is 10.0. The standard InChI is InChI=1S/C18H15Cl2NO3/c1-3-11(2)23-18(22)13(10-21)8-14-5-7-17(24-14)12-4-6-15(19)16(20)9-12/h4-9,11H,3H2,1-2H3/b13-8+. The zero-order chi connectivity index (χ0) is 17.7. The number of ether oxygens (including phenoxy) is 1. The molecule has 1 aromatic heterocycles. The molecule has 2 rings (SSSR count). The zero-order valence-corrected chi connectivity index (χ0v) is 14.7. The maximum Gasteiger partial charge on any atom is 0.349 e. The van der Waals surface area contributed by atoms with Crippen LogP contribution >= 0.6 is 23.2 Å². The van der Waals surface area contributed by atoms with E-state index in [1.54, 1.807) is 37.3 Å². The molecule has 0 aliphatic rings. The van der Waals surface area contributed by atoms with E-state index in [0.717, 1.165) is 5.56 Å². The molecular formula is C18H15Cl2NO3. The quantitative estimate of drug-likeness (QED) is 0.399. The second-order valence-corrected chi connectivity index (χ2v) is 5.94. The molecule has 0 saturated carbocycles. The van der Waals surface area contributed by atoms with E-state index in [1.807, 2.05) is 13.0 Å². The van der Waals surface area contributed by atoms with Gasteiger partial charge < -0.3 is 9.15 Å². The van der Waals surface area contributed by atoms with Crippen LogP contribution in [0.15, 0.2) is 40.3 Å². The first-order valence-corrected chi connectivity index (χ1v) is 8.08. The van der Waals surface area contributed by atoms with Crippen molar-refractivity contribution in [3.05, 3.63) is 51.7 Å². The van der Waals surface area contributed by atoms with Crippen molar-refractivity contribution in [1.82, 2.24) is 0 Å². The number of carbonyl (C=O) groups excluding carboxylic acids is 1. The van der Waals surface area contributed by atoms with Gasteiger partial charge in [-0.2, -0.15) is 5.26 Å². The lowest BCUT2D eigenvalue weighted by Crippen LogP contribution is -2.15. The number of hydrogen-bond acceptors (Lipinski definition) is 4. The van der Waals surface area contributed by atoms with E-state index >= 15 is 0 Å². The molecule has 1 unspecified atom stereocenters. The summed E-state index contributed by atoms with van der Waals surface area (Å²) >= 11 is 11.9. The van der Waals surface area contributed by atoms with Gasteiger partial charge in [-0.1, -0.05) is 30.1 Å². The molecule has 0 spiro atoms. The van der Waals surface area contributed by atoms with Crippen LogP contribution in [-0.2, 0) is 9.53 Å². The summed E-state index contributed by atoms with van der Waals surface area (Å²) in [4.78, 5) is 11.9. The fourth-order valence-electron chi connectivity index (χ4n) is 1.84. The molecular weight excluding hydrogens is 349 g/mol. The number of rotatable bonds is 5. The topological polar surface area (TPSA) is 63.2 Å². The van der Waals surface area contributed by atoms with Crippen LogP contribution in [0.1, 0.15) is 26.0 Å². The fraction of sp³-hybridized carbons (Fsp3) is 0.222. The Hall–Kier alpha value is -2.22. The van der Waals surface area contributed by atoms with Crippen LogP contribution in [0.25, 0.3) is 17.4 Å². The number of nitrogens with zero attached hydrogens (tertiary/aromatic N) is 1. The van der Waals surface area contributed by atoms with E-state index < -0.39 is 5.97 Å². The monoisotopic (exact) mass is 363 g/mol. The number of furan rings is 1. The third-order valence-electron chi connectivity index (χ3n) is 3.34. The molecule has 0 fully saturated rings. The van der Waals surface area contributed by atoms with Crippen molar-refractivity contribution in [1.29, 1.82) is 5.26 Å². The summed E-state index contributed by atoms with van der Waals surface area (Å²) in [6, 6.07) is 10.3. The highest BCUT2D eigenvalue weighted by molar-refractivity contribution is 6.42. The summed E-state index contributed by atoms with van der Waals surface area (Å²) in [5.74, 6) is 0.250. The lowest BCUT2D eigenvalue weighted by atomic mass is 10.2. The molecule has 6 heteroatoms. The van der Waals surface area contributed by atoms with Gasteiger partial charge in [-0.15, -0.1) is 0 Å². The highest BCUT2D eigenvalue weighted by atomic mass is 35.5. The Kier molecular flexibility index (Phi) is 6.08. The molecule has 0 aliphatic heterocycles. The van der Waals surface area contributed by atoms with E-state index in [4.69, 9.17) is 37.6 Å². The Morgan fingerprint density at radius 3 is 2.71 bits per heavy atom. The van der Waals surface area contributed by atoms with Gasteiger partial charge in [-0.05, 0) is 43.7 Å². The van der Waals surface area contributed by atoms with Gasteiger partial charge in [0.1, 0.15) is 23.2 Å². The number of benzene rings is 1. The maximum absolute atomic E-state index is 11.9. The Bertz CT molecular complexity index is 818. The number of carbonyl (C=O) groups is 1. The summed E-state index contributed by atoms with van der Waals surface area (Å²) < 4.78 is 10.8. The van der Waals surface area contributed by atoms with E-state index in [1.165, 1.54) is 6.08 Å². The number of nitriles is 1. The van der Waals surface area contributed by atoms with Crippen molar-refractivity contribution in [3.63, 3.8) is 0 Å². The Balaban J connectivity index is 2.24. The van der Waals surface area contributed by atoms with Crippen LogP contribution in [0.3, 0.4) is 0 Å². The molecule has 124 valence electrons. The molecule has 0 bridgehead atoms. The fourth-order valence-corrected chi connectivity index (χ4v) is 2.14. The van der Waals surface area contributed by atoms with Crippen LogP contribution < -0.4 is 0 Å². The van der Waals surface area contributed by atoms with Gasteiger partial charge in [0.15, 0.2) is 0 Å².